The van der Waals surface area contributed by atoms with Gasteiger partial charge in [0.2, 0.25) is 0 Å². The van der Waals surface area contributed by atoms with Crippen molar-refractivity contribution in [2.24, 2.45) is 0 Å². The summed E-state index contributed by atoms with van der Waals surface area (Å²) in [5.74, 6) is 0.795. The number of ether oxygens (including phenoxy) is 2. The number of rotatable bonds is 7. The molecule has 2 saturated heterocycles. The summed E-state index contributed by atoms with van der Waals surface area (Å²) < 4.78 is 11.8. The first kappa shape index (κ1) is 23.1. The van der Waals surface area contributed by atoms with E-state index in [0.29, 0.717) is 18.2 Å². The molecule has 180 valence electrons. The van der Waals surface area contributed by atoms with Gasteiger partial charge >= 0.3 is 0 Å². The van der Waals surface area contributed by atoms with Crippen molar-refractivity contribution in [3.63, 3.8) is 0 Å². The van der Waals surface area contributed by atoms with Crippen molar-refractivity contribution in [3.8, 4) is 5.75 Å². The van der Waals surface area contributed by atoms with Gasteiger partial charge in [-0.3, -0.25) is 9.69 Å². The van der Waals surface area contributed by atoms with E-state index < -0.39 is 0 Å². The Morgan fingerprint density at radius 1 is 1.12 bits per heavy atom. The van der Waals surface area contributed by atoms with E-state index in [1.165, 1.54) is 5.56 Å². The summed E-state index contributed by atoms with van der Waals surface area (Å²) in [5.41, 5.74) is 2.81. The fourth-order valence-electron chi connectivity index (χ4n) is 4.77. The maximum Gasteiger partial charge on any atom is 0.251 e. The third kappa shape index (κ3) is 5.35. The number of morpholine rings is 1. The second-order valence-electron chi connectivity index (χ2n) is 8.90. The number of piperidine rings is 1. The fraction of sp³-hybridized carbons (Fsp3) is 0.462. The zero-order valence-electron chi connectivity index (χ0n) is 19.7. The average molecular weight is 481 g/mol. The molecule has 34 heavy (non-hydrogen) atoms. The van der Waals surface area contributed by atoms with Crippen LogP contribution in [0.2, 0.25) is 0 Å². The third-order valence-electron chi connectivity index (χ3n) is 6.79. The second kappa shape index (κ2) is 10.7. The number of carbonyl (C=O) groups excluding carboxylic acids is 1. The summed E-state index contributed by atoms with van der Waals surface area (Å²) in [7, 11) is 1.66. The molecule has 1 N–H and O–H groups in total. The number of fused-ring (bicyclic) bond motifs is 1. The normalized spacial score (nSPS) is 17.7. The van der Waals surface area contributed by atoms with Gasteiger partial charge in [0, 0.05) is 44.3 Å². The first-order chi connectivity index (χ1) is 16.7. The van der Waals surface area contributed by atoms with Gasteiger partial charge in [0.05, 0.1) is 30.5 Å². The Morgan fingerprint density at radius 3 is 2.62 bits per heavy atom. The van der Waals surface area contributed by atoms with Crippen LogP contribution in [-0.4, -0.2) is 74.9 Å². The first-order valence-corrected chi connectivity index (χ1v) is 12.9. The molecule has 2 aromatic carbocycles. The van der Waals surface area contributed by atoms with Gasteiger partial charge in [0.15, 0.2) is 5.13 Å². The molecule has 0 aliphatic carbocycles. The molecule has 2 aliphatic rings. The Labute approximate surface area is 204 Å². The summed E-state index contributed by atoms with van der Waals surface area (Å²) in [6.07, 6.45) is 3.11. The Hall–Kier alpha value is -2.68. The number of nitrogens with zero attached hydrogens (tertiary/aromatic N) is 3. The molecule has 5 rings (SSSR count). The minimum Gasteiger partial charge on any atom is -0.497 e. The number of thiazole rings is 1. The predicted octanol–water partition coefficient (Wildman–Crippen LogP) is 3.58. The number of nitrogens with one attached hydrogen (secondary N) is 1. The molecule has 0 spiro atoms. The molecule has 7 nitrogen and oxygen atoms in total. The van der Waals surface area contributed by atoms with E-state index in [1.54, 1.807) is 18.4 Å². The molecule has 0 radical (unpaired) electrons. The highest BCUT2D eigenvalue weighted by atomic mass is 32.1. The van der Waals surface area contributed by atoms with Crippen LogP contribution in [0.25, 0.3) is 10.2 Å². The van der Waals surface area contributed by atoms with Gasteiger partial charge in [0.25, 0.3) is 5.91 Å². The summed E-state index contributed by atoms with van der Waals surface area (Å²) in [4.78, 5) is 22.5. The lowest BCUT2D eigenvalue weighted by molar-refractivity contribution is 0.0115. The van der Waals surface area contributed by atoms with Crippen LogP contribution in [0.1, 0.15) is 28.8 Å². The summed E-state index contributed by atoms with van der Waals surface area (Å²) >= 11 is 1.69. The van der Waals surface area contributed by atoms with Crippen LogP contribution in [0.5, 0.6) is 5.75 Å². The number of benzene rings is 2. The SMILES string of the molecule is COc1ccc(CCNC(=O)c2ccc3nc(N4CCC(N5CCOCC5)CC4)sc3c2)cc1. The van der Waals surface area contributed by atoms with Gasteiger partial charge in [-0.25, -0.2) is 4.98 Å². The van der Waals surface area contributed by atoms with Crippen LogP contribution in [0.4, 0.5) is 5.13 Å². The molecule has 0 atom stereocenters. The number of amides is 1. The van der Waals surface area contributed by atoms with Crippen LogP contribution >= 0.6 is 11.3 Å². The van der Waals surface area contributed by atoms with Crippen LogP contribution in [0.15, 0.2) is 42.5 Å². The number of hydrogen-bond donors (Lipinski definition) is 1. The lowest BCUT2D eigenvalue weighted by Crippen LogP contribution is -2.49. The lowest BCUT2D eigenvalue weighted by atomic mass is 10.0. The molecule has 3 aromatic rings. The number of anilines is 1. The highest BCUT2D eigenvalue weighted by Crippen LogP contribution is 2.32. The molecular weight excluding hydrogens is 448 g/mol. The number of carbonyl (C=O) groups is 1. The zero-order valence-corrected chi connectivity index (χ0v) is 20.5. The smallest absolute Gasteiger partial charge is 0.251 e. The quantitative estimate of drug-likeness (QED) is 0.558. The highest BCUT2D eigenvalue weighted by Gasteiger charge is 2.27. The predicted molar refractivity (Wildman–Crippen MR) is 136 cm³/mol. The molecule has 8 heteroatoms. The first-order valence-electron chi connectivity index (χ1n) is 12.1. The maximum atomic E-state index is 12.7. The van der Waals surface area contributed by atoms with E-state index in [2.05, 4.69) is 15.1 Å². The van der Waals surface area contributed by atoms with Crippen LogP contribution in [0, 0.1) is 0 Å². The number of methoxy groups -OCH3 is 1. The van der Waals surface area contributed by atoms with Crippen molar-refractivity contribution < 1.29 is 14.3 Å². The molecule has 0 bridgehead atoms. The van der Waals surface area contributed by atoms with Crippen molar-refractivity contribution in [1.82, 2.24) is 15.2 Å². The van der Waals surface area contributed by atoms with Gasteiger partial charge < -0.3 is 19.7 Å². The molecule has 1 aromatic heterocycles. The monoisotopic (exact) mass is 480 g/mol. The van der Waals surface area contributed by atoms with E-state index in [-0.39, 0.29) is 5.91 Å². The third-order valence-corrected chi connectivity index (χ3v) is 7.87. The van der Waals surface area contributed by atoms with E-state index >= 15 is 0 Å². The van der Waals surface area contributed by atoms with Crippen molar-refractivity contribution in [3.05, 3.63) is 53.6 Å². The van der Waals surface area contributed by atoms with E-state index in [1.807, 2.05) is 42.5 Å². The lowest BCUT2D eigenvalue weighted by Gasteiger charge is -2.40. The standard InChI is InChI=1S/C26H32N4O3S/c1-32-22-5-2-19(3-6-22)8-11-27-25(31)20-4-7-23-24(18-20)34-26(28-23)30-12-9-21(10-13-30)29-14-16-33-17-15-29/h2-7,18,21H,8-17H2,1H3,(H,27,31). The topological polar surface area (TPSA) is 66.9 Å². The van der Waals surface area contributed by atoms with Gasteiger partial charge in [-0.15, -0.1) is 0 Å². The van der Waals surface area contributed by atoms with E-state index in [9.17, 15) is 4.79 Å². The Morgan fingerprint density at radius 2 is 1.88 bits per heavy atom. The van der Waals surface area contributed by atoms with Crippen molar-refractivity contribution >= 4 is 32.6 Å². The van der Waals surface area contributed by atoms with Crippen molar-refractivity contribution in [2.75, 3.05) is 57.9 Å². The molecule has 2 aliphatic heterocycles. The number of aromatic nitrogens is 1. The molecule has 1 amide bonds. The summed E-state index contributed by atoms with van der Waals surface area (Å²) in [5, 5.41) is 4.10. The van der Waals surface area contributed by atoms with E-state index in [0.717, 1.165) is 79.8 Å². The van der Waals surface area contributed by atoms with Gasteiger partial charge in [-0.1, -0.05) is 23.5 Å². The van der Waals surface area contributed by atoms with Crippen LogP contribution < -0.4 is 15.0 Å². The molecule has 3 heterocycles. The average Bonchev–Trinajstić information content (AvgIpc) is 3.33. The minimum absolute atomic E-state index is 0.0447. The molecule has 2 fully saturated rings. The van der Waals surface area contributed by atoms with Gasteiger partial charge in [-0.2, -0.15) is 0 Å². The fourth-order valence-corrected chi connectivity index (χ4v) is 5.83. The Balaban J connectivity index is 1.16. The van der Waals surface area contributed by atoms with Crippen LogP contribution in [0.3, 0.4) is 0 Å². The van der Waals surface area contributed by atoms with Crippen molar-refractivity contribution in [2.45, 2.75) is 25.3 Å². The van der Waals surface area contributed by atoms with Crippen molar-refractivity contribution in [1.29, 1.82) is 0 Å². The maximum absolute atomic E-state index is 12.7. The zero-order chi connectivity index (χ0) is 23.3. The van der Waals surface area contributed by atoms with Gasteiger partial charge in [0.1, 0.15) is 5.75 Å². The van der Waals surface area contributed by atoms with E-state index in [4.69, 9.17) is 14.5 Å². The Kier molecular flexibility index (Phi) is 7.27. The Bertz CT molecular complexity index is 1100. The molecule has 0 unspecified atom stereocenters. The van der Waals surface area contributed by atoms with Gasteiger partial charge in [-0.05, 0) is 55.2 Å². The molecule has 0 saturated carbocycles. The summed E-state index contributed by atoms with van der Waals surface area (Å²) in [6, 6.07) is 14.4. The number of hydrogen-bond acceptors (Lipinski definition) is 7. The van der Waals surface area contributed by atoms with Crippen LogP contribution in [-0.2, 0) is 11.2 Å². The second-order valence-corrected chi connectivity index (χ2v) is 9.91. The molecular formula is C26H32N4O3S. The largest absolute Gasteiger partial charge is 0.497 e. The minimum atomic E-state index is -0.0447. The highest BCUT2D eigenvalue weighted by molar-refractivity contribution is 7.22. The summed E-state index contributed by atoms with van der Waals surface area (Å²) in [6.45, 7) is 6.47.